The summed E-state index contributed by atoms with van der Waals surface area (Å²) in [7, 11) is 0. The molecular formula is C30H19BrF9NO2. The molecule has 0 aromatic heterocycles. The van der Waals surface area contributed by atoms with Crippen molar-refractivity contribution >= 4 is 21.8 Å². The van der Waals surface area contributed by atoms with Gasteiger partial charge in [-0.1, -0.05) is 58.4 Å². The van der Waals surface area contributed by atoms with Crippen LogP contribution in [-0.2, 0) is 18.1 Å². The van der Waals surface area contributed by atoms with E-state index in [2.05, 4.69) is 26.0 Å². The summed E-state index contributed by atoms with van der Waals surface area (Å²) >= 11 is 3.26. The van der Waals surface area contributed by atoms with Gasteiger partial charge in [-0.15, -0.1) is 0 Å². The number of hydrogen-bond acceptors (Lipinski definition) is 2. The highest BCUT2D eigenvalue weighted by Crippen LogP contribution is 2.39. The van der Waals surface area contributed by atoms with Crippen LogP contribution < -0.4 is 10.1 Å². The minimum absolute atomic E-state index is 0.197. The van der Waals surface area contributed by atoms with Crippen LogP contribution in [-0.4, -0.2) is 18.4 Å². The molecule has 1 N–H and O–H groups in total. The van der Waals surface area contributed by atoms with E-state index in [9.17, 15) is 44.3 Å². The number of nitrogens with one attached hydrogen (secondary N) is 1. The molecule has 0 aliphatic heterocycles. The van der Waals surface area contributed by atoms with E-state index in [4.69, 9.17) is 0 Å². The Kier molecular flexibility index (Phi) is 9.14. The van der Waals surface area contributed by atoms with Crippen LogP contribution in [0.15, 0.2) is 95.5 Å². The summed E-state index contributed by atoms with van der Waals surface area (Å²) in [5.41, 5.74) is -3.85. The van der Waals surface area contributed by atoms with Crippen molar-refractivity contribution in [2.24, 2.45) is 0 Å². The van der Waals surface area contributed by atoms with E-state index in [1.807, 2.05) is 0 Å². The first-order valence-corrected chi connectivity index (χ1v) is 13.1. The Morgan fingerprint density at radius 1 is 0.814 bits per heavy atom. The number of alkyl halides is 7. The van der Waals surface area contributed by atoms with Crippen LogP contribution in [0.3, 0.4) is 0 Å². The van der Waals surface area contributed by atoms with Gasteiger partial charge in [0.25, 0.3) is 5.91 Å². The van der Waals surface area contributed by atoms with Gasteiger partial charge in [0.15, 0.2) is 0 Å². The maximum atomic E-state index is 14.9. The number of ether oxygens (including phenoxy) is 1. The summed E-state index contributed by atoms with van der Waals surface area (Å²) in [6.07, 6.45) is -14.6. The highest BCUT2D eigenvalue weighted by atomic mass is 79.9. The van der Waals surface area contributed by atoms with Crippen molar-refractivity contribution in [1.29, 1.82) is 0 Å². The average Bonchev–Trinajstić information content (AvgIpc) is 2.92. The van der Waals surface area contributed by atoms with Gasteiger partial charge in [0.2, 0.25) is 0 Å². The number of halogens is 10. The van der Waals surface area contributed by atoms with Crippen molar-refractivity contribution in [2.75, 3.05) is 0 Å². The van der Waals surface area contributed by atoms with E-state index in [-0.39, 0.29) is 17.5 Å². The summed E-state index contributed by atoms with van der Waals surface area (Å²) in [4.78, 5) is 13.6. The second-order valence-corrected chi connectivity index (χ2v) is 10.3. The molecule has 4 rings (SSSR count). The molecule has 4 aromatic carbocycles. The summed E-state index contributed by atoms with van der Waals surface area (Å²) in [5.74, 6) is -5.01. The van der Waals surface area contributed by atoms with Gasteiger partial charge in [-0.25, -0.2) is 8.78 Å². The summed E-state index contributed by atoms with van der Waals surface area (Å²) in [5, 5.41) is 2.58. The molecule has 226 valence electrons. The largest absolute Gasteiger partial charge is 0.461 e. The maximum absolute atomic E-state index is 14.9. The van der Waals surface area contributed by atoms with Gasteiger partial charge in [-0.05, 0) is 59.2 Å². The first kappa shape index (κ1) is 31.9. The van der Waals surface area contributed by atoms with Crippen LogP contribution in [0, 0.1) is 11.6 Å². The zero-order valence-electron chi connectivity index (χ0n) is 21.5. The quantitative estimate of drug-likeness (QED) is 0.180. The van der Waals surface area contributed by atoms with Crippen molar-refractivity contribution in [3.05, 3.63) is 135 Å². The fraction of sp³-hybridized carbons (Fsp3) is 0.167. The highest BCUT2D eigenvalue weighted by Gasteiger charge is 2.45. The summed E-state index contributed by atoms with van der Waals surface area (Å²) < 4.78 is 127. The van der Waals surface area contributed by atoms with E-state index in [1.54, 1.807) is 30.3 Å². The van der Waals surface area contributed by atoms with Crippen LogP contribution in [0.5, 0.6) is 5.75 Å². The lowest BCUT2D eigenvalue weighted by molar-refractivity contribution is -0.253. The first-order valence-electron chi connectivity index (χ1n) is 12.3. The minimum atomic E-state index is -5.14. The molecule has 0 saturated carbocycles. The maximum Gasteiger partial charge on any atom is 0.461 e. The topological polar surface area (TPSA) is 38.3 Å². The van der Waals surface area contributed by atoms with Crippen LogP contribution in [0.2, 0.25) is 0 Å². The third kappa shape index (κ3) is 7.32. The Hall–Kier alpha value is -4.00. The van der Waals surface area contributed by atoms with Crippen LogP contribution in [0.25, 0.3) is 0 Å². The summed E-state index contributed by atoms with van der Waals surface area (Å²) in [6.45, 7) is 0. The van der Waals surface area contributed by atoms with Crippen molar-refractivity contribution < 1.29 is 49.0 Å². The predicted molar refractivity (Wildman–Crippen MR) is 142 cm³/mol. The van der Waals surface area contributed by atoms with Gasteiger partial charge in [-0.2, -0.15) is 30.7 Å². The van der Waals surface area contributed by atoms with E-state index in [1.165, 1.54) is 24.3 Å². The third-order valence-corrected chi connectivity index (χ3v) is 6.91. The van der Waals surface area contributed by atoms with Crippen molar-refractivity contribution in [3.63, 3.8) is 0 Å². The van der Waals surface area contributed by atoms with Crippen LogP contribution in [0.1, 0.15) is 32.6 Å². The van der Waals surface area contributed by atoms with Crippen molar-refractivity contribution in [1.82, 2.24) is 5.32 Å². The van der Waals surface area contributed by atoms with E-state index >= 15 is 0 Å². The Balaban J connectivity index is 1.95. The molecule has 43 heavy (non-hydrogen) atoms. The Bertz CT molecular complexity index is 1600. The highest BCUT2D eigenvalue weighted by molar-refractivity contribution is 9.10. The second-order valence-electron chi connectivity index (χ2n) is 9.36. The van der Waals surface area contributed by atoms with Gasteiger partial charge in [0.1, 0.15) is 17.4 Å². The molecule has 0 radical (unpaired) electrons. The second kappa shape index (κ2) is 12.3. The number of carbonyl (C=O) groups excluding carboxylic acids is 1. The van der Waals surface area contributed by atoms with Gasteiger partial charge in [0.05, 0.1) is 11.1 Å². The van der Waals surface area contributed by atoms with Crippen LogP contribution in [0.4, 0.5) is 39.5 Å². The first-order chi connectivity index (χ1) is 20.1. The molecule has 0 heterocycles. The van der Waals surface area contributed by atoms with Gasteiger partial charge in [0, 0.05) is 22.5 Å². The van der Waals surface area contributed by atoms with Gasteiger partial charge >= 0.3 is 18.7 Å². The van der Waals surface area contributed by atoms with Crippen LogP contribution >= 0.6 is 15.9 Å². The van der Waals surface area contributed by atoms with Gasteiger partial charge < -0.3 is 10.1 Å². The Morgan fingerprint density at radius 2 is 1.47 bits per heavy atom. The summed E-state index contributed by atoms with van der Waals surface area (Å²) in [6, 6.07) is 17.8. The number of hydrogen-bond donors (Lipinski definition) is 1. The van der Waals surface area contributed by atoms with Crippen molar-refractivity contribution in [2.45, 2.75) is 30.7 Å². The fourth-order valence-corrected chi connectivity index (χ4v) is 4.68. The molecule has 1 unspecified atom stereocenters. The molecule has 0 fully saturated rings. The molecule has 0 aliphatic rings. The predicted octanol–water partition coefficient (Wildman–Crippen LogP) is 8.90. The Morgan fingerprint density at radius 3 is 2.07 bits per heavy atom. The molecule has 1 amide bonds. The fourth-order valence-electron chi connectivity index (χ4n) is 4.42. The molecule has 4 aromatic rings. The number of benzene rings is 4. The van der Waals surface area contributed by atoms with Crippen molar-refractivity contribution in [3.8, 4) is 5.75 Å². The van der Waals surface area contributed by atoms with E-state index < -0.39 is 58.7 Å². The smallest absolute Gasteiger partial charge is 0.428 e. The normalized spacial score (nSPS) is 13.5. The van der Waals surface area contributed by atoms with E-state index in [0.717, 1.165) is 18.2 Å². The van der Waals surface area contributed by atoms with E-state index in [0.29, 0.717) is 28.2 Å². The number of amides is 1. The number of rotatable bonds is 9. The van der Waals surface area contributed by atoms with Gasteiger partial charge in [-0.3, -0.25) is 4.79 Å². The zero-order chi connectivity index (χ0) is 31.6. The monoisotopic (exact) mass is 675 g/mol. The molecule has 0 bridgehead atoms. The molecule has 0 aliphatic carbocycles. The lowest BCUT2D eigenvalue weighted by Gasteiger charge is -2.37. The molecule has 3 nitrogen and oxygen atoms in total. The Labute approximate surface area is 247 Å². The average molecular weight is 676 g/mol. The standard InChI is InChI=1S/C30H19BrF9NO2/c31-21-9-7-19(8-10-21)28(16-17-4-2-1-3-5-17,20-13-22(32)15-23(14-20)43-30(39,40)27(34)35)41-26(42)18-6-11-25(33)24(12-18)29(36,37)38/h1-15,27H,16H2,(H,41,42). The minimum Gasteiger partial charge on any atom is -0.428 e. The SMILES string of the molecule is O=C(NC(Cc1ccccc1)(c1ccc(Br)cc1)c1cc(F)cc(OC(F)(F)C(F)F)c1)c1ccc(F)c(C(F)(F)F)c1. The molecule has 1 atom stereocenters. The lowest BCUT2D eigenvalue weighted by Crippen LogP contribution is -2.48. The zero-order valence-corrected chi connectivity index (χ0v) is 23.1. The molecule has 0 saturated heterocycles. The number of carbonyl (C=O) groups is 1. The third-order valence-electron chi connectivity index (χ3n) is 6.38. The molecule has 13 heteroatoms. The molecule has 0 spiro atoms. The molecular weight excluding hydrogens is 657 g/mol. The lowest BCUT2D eigenvalue weighted by atomic mass is 9.77.